The molecule has 0 spiro atoms. The van der Waals surface area contributed by atoms with Crippen LogP contribution >= 0.6 is 0 Å². The topological polar surface area (TPSA) is 23.5 Å². The van der Waals surface area contributed by atoms with Crippen molar-refractivity contribution in [1.82, 2.24) is 4.90 Å². The van der Waals surface area contributed by atoms with Crippen molar-refractivity contribution in [2.75, 3.05) is 19.6 Å². The molecule has 1 unspecified atom stereocenters. The van der Waals surface area contributed by atoms with Crippen LogP contribution in [-0.2, 0) is 0 Å². The predicted molar refractivity (Wildman–Crippen MR) is 69.6 cm³/mol. The molecule has 1 rings (SSSR count). The van der Waals surface area contributed by atoms with Crippen molar-refractivity contribution in [2.45, 2.75) is 65.4 Å². The highest BCUT2D eigenvalue weighted by Crippen LogP contribution is 2.22. The molecule has 0 aromatic heterocycles. The van der Waals surface area contributed by atoms with E-state index < -0.39 is 0 Å². The van der Waals surface area contributed by atoms with E-state index in [1.54, 1.807) is 0 Å². The lowest BCUT2D eigenvalue weighted by Gasteiger charge is -2.30. The quantitative estimate of drug-likeness (QED) is 0.801. The average molecular weight is 227 g/mol. The first-order valence-corrected chi connectivity index (χ1v) is 6.90. The SMILES string of the molecule is CC(C)(C)C(O)CCN1CCCCCCC1. The Morgan fingerprint density at radius 3 is 2.00 bits per heavy atom. The van der Waals surface area contributed by atoms with Gasteiger partial charge in [0.25, 0.3) is 0 Å². The number of rotatable bonds is 3. The van der Waals surface area contributed by atoms with E-state index in [2.05, 4.69) is 25.7 Å². The Morgan fingerprint density at radius 1 is 1.00 bits per heavy atom. The molecule has 0 amide bonds. The summed E-state index contributed by atoms with van der Waals surface area (Å²) in [5.74, 6) is 0. The van der Waals surface area contributed by atoms with E-state index in [0.717, 1.165) is 13.0 Å². The Labute approximate surface area is 101 Å². The Morgan fingerprint density at radius 2 is 1.50 bits per heavy atom. The second-order valence-electron chi connectivity index (χ2n) is 6.28. The number of aliphatic hydroxyl groups excluding tert-OH is 1. The molecule has 1 saturated heterocycles. The summed E-state index contributed by atoms with van der Waals surface area (Å²) in [6, 6.07) is 0. The summed E-state index contributed by atoms with van der Waals surface area (Å²) in [6.45, 7) is 9.88. The summed E-state index contributed by atoms with van der Waals surface area (Å²) in [5, 5.41) is 10.0. The van der Waals surface area contributed by atoms with Gasteiger partial charge in [-0.05, 0) is 37.8 Å². The third-order valence-corrected chi connectivity index (χ3v) is 3.67. The second-order valence-corrected chi connectivity index (χ2v) is 6.28. The van der Waals surface area contributed by atoms with Crippen molar-refractivity contribution in [1.29, 1.82) is 0 Å². The number of nitrogens with zero attached hydrogens (tertiary/aromatic N) is 1. The third-order valence-electron chi connectivity index (χ3n) is 3.67. The van der Waals surface area contributed by atoms with Crippen LogP contribution in [-0.4, -0.2) is 35.7 Å². The van der Waals surface area contributed by atoms with Gasteiger partial charge >= 0.3 is 0 Å². The van der Waals surface area contributed by atoms with Crippen LogP contribution < -0.4 is 0 Å². The molecule has 0 bridgehead atoms. The number of likely N-dealkylation sites (tertiary alicyclic amines) is 1. The van der Waals surface area contributed by atoms with Crippen molar-refractivity contribution in [2.24, 2.45) is 5.41 Å². The smallest absolute Gasteiger partial charge is 0.0600 e. The number of aliphatic hydroxyl groups is 1. The van der Waals surface area contributed by atoms with Gasteiger partial charge in [0, 0.05) is 6.54 Å². The number of hydrogen-bond acceptors (Lipinski definition) is 2. The van der Waals surface area contributed by atoms with Gasteiger partial charge in [0.2, 0.25) is 0 Å². The molecule has 2 nitrogen and oxygen atoms in total. The molecular weight excluding hydrogens is 198 g/mol. The lowest BCUT2D eigenvalue weighted by Crippen LogP contribution is -2.34. The van der Waals surface area contributed by atoms with E-state index in [4.69, 9.17) is 0 Å². The van der Waals surface area contributed by atoms with Gasteiger partial charge in [-0.15, -0.1) is 0 Å². The largest absolute Gasteiger partial charge is 0.393 e. The molecule has 1 aliphatic rings. The fraction of sp³-hybridized carbons (Fsp3) is 1.00. The van der Waals surface area contributed by atoms with Crippen LogP contribution in [0.3, 0.4) is 0 Å². The molecule has 0 saturated carbocycles. The van der Waals surface area contributed by atoms with Crippen molar-refractivity contribution < 1.29 is 5.11 Å². The van der Waals surface area contributed by atoms with Crippen LogP contribution in [0, 0.1) is 5.41 Å². The Hall–Kier alpha value is -0.0800. The molecule has 1 heterocycles. The molecule has 0 aromatic rings. The summed E-state index contributed by atoms with van der Waals surface area (Å²) < 4.78 is 0. The minimum absolute atomic E-state index is 0.0305. The summed E-state index contributed by atoms with van der Waals surface area (Å²) >= 11 is 0. The maximum absolute atomic E-state index is 10.0. The summed E-state index contributed by atoms with van der Waals surface area (Å²) in [6.07, 6.45) is 7.62. The standard InChI is InChI=1S/C14H29NO/c1-14(2,3)13(16)9-12-15-10-7-5-4-6-8-11-15/h13,16H,4-12H2,1-3H3. The monoisotopic (exact) mass is 227 g/mol. The fourth-order valence-corrected chi connectivity index (χ4v) is 2.27. The van der Waals surface area contributed by atoms with Crippen LogP contribution in [0.15, 0.2) is 0 Å². The number of hydrogen-bond donors (Lipinski definition) is 1. The van der Waals surface area contributed by atoms with Crippen LogP contribution in [0.25, 0.3) is 0 Å². The van der Waals surface area contributed by atoms with Gasteiger partial charge in [0.1, 0.15) is 0 Å². The van der Waals surface area contributed by atoms with E-state index >= 15 is 0 Å². The zero-order chi connectivity index (χ0) is 12.0. The highest BCUT2D eigenvalue weighted by Gasteiger charge is 2.22. The van der Waals surface area contributed by atoms with Crippen LogP contribution in [0.4, 0.5) is 0 Å². The van der Waals surface area contributed by atoms with Gasteiger partial charge < -0.3 is 10.0 Å². The minimum atomic E-state index is -0.169. The molecule has 0 aromatic carbocycles. The molecule has 16 heavy (non-hydrogen) atoms. The highest BCUT2D eigenvalue weighted by atomic mass is 16.3. The van der Waals surface area contributed by atoms with E-state index in [-0.39, 0.29) is 11.5 Å². The zero-order valence-corrected chi connectivity index (χ0v) is 11.3. The predicted octanol–water partition coefficient (Wildman–Crippen LogP) is 3.05. The van der Waals surface area contributed by atoms with E-state index in [9.17, 15) is 5.11 Å². The van der Waals surface area contributed by atoms with Crippen molar-refractivity contribution in [3.63, 3.8) is 0 Å². The summed E-state index contributed by atoms with van der Waals surface area (Å²) in [7, 11) is 0. The molecule has 2 heteroatoms. The Kier molecular flexibility index (Phi) is 5.77. The van der Waals surface area contributed by atoms with E-state index in [1.165, 1.54) is 45.2 Å². The normalized spacial score (nSPS) is 22.5. The molecule has 1 fully saturated rings. The first-order valence-electron chi connectivity index (χ1n) is 6.90. The summed E-state index contributed by atoms with van der Waals surface area (Å²) in [5.41, 5.74) is 0.0305. The van der Waals surface area contributed by atoms with Gasteiger partial charge in [-0.1, -0.05) is 40.0 Å². The maximum Gasteiger partial charge on any atom is 0.0600 e. The summed E-state index contributed by atoms with van der Waals surface area (Å²) in [4.78, 5) is 2.54. The Bertz CT molecular complexity index is 178. The molecule has 1 atom stereocenters. The van der Waals surface area contributed by atoms with E-state index in [1.807, 2.05) is 0 Å². The molecule has 0 aliphatic carbocycles. The average Bonchev–Trinajstić information content (AvgIpc) is 2.14. The molecule has 1 N–H and O–H groups in total. The van der Waals surface area contributed by atoms with Crippen molar-refractivity contribution >= 4 is 0 Å². The first-order chi connectivity index (χ1) is 7.50. The highest BCUT2D eigenvalue weighted by molar-refractivity contribution is 4.74. The van der Waals surface area contributed by atoms with Gasteiger partial charge in [0.05, 0.1) is 6.10 Å². The lowest BCUT2D eigenvalue weighted by molar-refractivity contribution is 0.0448. The van der Waals surface area contributed by atoms with Gasteiger partial charge in [-0.3, -0.25) is 0 Å². The molecule has 1 aliphatic heterocycles. The minimum Gasteiger partial charge on any atom is -0.393 e. The molecule has 0 radical (unpaired) electrons. The zero-order valence-electron chi connectivity index (χ0n) is 11.3. The maximum atomic E-state index is 10.0. The lowest BCUT2D eigenvalue weighted by atomic mass is 9.87. The van der Waals surface area contributed by atoms with Crippen LogP contribution in [0.1, 0.15) is 59.3 Å². The van der Waals surface area contributed by atoms with Gasteiger partial charge in [-0.25, -0.2) is 0 Å². The van der Waals surface area contributed by atoms with E-state index in [0.29, 0.717) is 0 Å². The fourth-order valence-electron chi connectivity index (χ4n) is 2.27. The molecular formula is C14H29NO. The van der Waals surface area contributed by atoms with Gasteiger partial charge in [0.15, 0.2) is 0 Å². The van der Waals surface area contributed by atoms with Crippen molar-refractivity contribution in [3.8, 4) is 0 Å². The van der Waals surface area contributed by atoms with Crippen LogP contribution in [0.5, 0.6) is 0 Å². The first kappa shape index (κ1) is 14.0. The second kappa shape index (κ2) is 6.61. The Balaban J connectivity index is 2.24. The van der Waals surface area contributed by atoms with Gasteiger partial charge in [-0.2, -0.15) is 0 Å². The van der Waals surface area contributed by atoms with Crippen molar-refractivity contribution in [3.05, 3.63) is 0 Å². The third kappa shape index (κ3) is 5.31. The van der Waals surface area contributed by atoms with Crippen LogP contribution in [0.2, 0.25) is 0 Å². The molecule has 96 valence electrons.